The fourth-order valence-corrected chi connectivity index (χ4v) is 4.57. The van der Waals surface area contributed by atoms with Gasteiger partial charge in [0.2, 0.25) is 5.91 Å². The Morgan fingerprint density at radius 1 is 1.30 bits per heavy atom. The third-order valence-corrected chi connectivity index (χ3v) is 6.34. The number of carboxylic acid groups (broad SMARTS) is 1. The van der Waals surface area contributed by atoms with Gasteiger partial charge in [-0.3, -0.25) is 14.3 Å². The standard InChI is InChI=1S/C18H24N4O4S/c1-10-12-9-13(27-16(12)22(3)21-10)15(24)19-11(2)14(23)20-18(17(25)26)7-5-4-6-8-18/h9,11H,4-8H2,1-3H3,(H,19,24)(H,20,23)(H,25,26). The molecule has 0 aromatic carbocycles. The number of aliphatic carboxylic acids is 1. The second-order valence-electron chi connectivity index (χ2n) is 7.17. The fourth-order valence-electron chi connectivity index (χ4n) is 3.54. The molecular formula is C18H24N4O4S. The van der Waals surface area contributed by atoms with Crippen LogP contribution in [0.15, 0.2) is 6.07 Å². The number of carboxylic acids is 1. The summed E-state index contributed by atoms with van der Waals surface area (Å²) in [5.41, 5.74) is -0.386. The van der Waals surface area contributed by atoms with Gasteiger partial charge in [-0.05, 0) is 32.8 Å². The van der Waals surface area contributed by atoms with Crippen molar-refractivity contribution in [2.75, 3.05) is 0 Å². The molecule has 3 rings (SSSR count). The number of aryl methyl sites for hydroxylation is 2. The van der Waals surface area contributed by atoms with Gasteiger partial charge in [0.15, 0.2) is 0 Å². The van der Waals surface area contributed by atoms with E-state index >= 15 is 0 Å². The van der Waals surface area contributed by atoms with Crippen LogP contribution in [0.1, 0.15) is 54.4 Å². The Hall–Kier alpha value is -2.42. The highest BCUT2D eigenvalue weighted by atomic mass is 32.1. The van der Waals surface area contributed by atoms with E-state index in [2.05, 4.69) is 15.7 Å². The van der Waals surface area contributed by atoms with Gasteiger partial charge in [0.1, 0.15) is 16.4 Å². The van der Waals surface area contributed by atoms with Gasteiger partial charge < -0.3 is 15.7 Å². The van der Waals surface area contributed by atoms with E-state index in [0.717, 1.165) is 35.2 Å². The summed E-state index contributed by atoms with van der Waals surface area (Å²) in [5, 5.41) is 20.1. The molecule has 0 aliphatic heterocycles. The number of nitrogens with zero attached hydrogens (tertiary/aromatic N) is 2. The van der Waals surface area contributed by atoms with Crippen molar-refractivity contribution in [2.24, 2.45) is 7.05 Å². The van der Waals surface area contributed by atoms with Crippen LogP contribution in [0.2, 0.25) is 0 Å². The molecule has 2 aromatic heterocycles. The summed E-state index contributed by atoms with van der Waals surface area (Å²) in [7, 11) is 1.82. The lowest BCUT2D eigenvalue weighted by atomic mass is 9.81. The van der Waals surface area contributed by atoms with Gasteiger partial charge >= 0.3 is 5.97 Å². The van der Waals surface area contributed by atoms with E-state index in [1.807, 2.05) is 14.0 Å². The van der Waals surface area contributed by atoms with E-state index in [1.54, 1.807) is 17.7 Å². The molecule has 2 aromatic rings. The first-order valence-electron chi connectivity index (χ1n) is 9.03. The molecule has 0 bridgehead atoms. The summed E-state index contributed by atoms with van der Waals surface area (Å²) in [6, 6.07) is 0.933. The zero-order valence-corrected chi connectivity index (χ0v) is 16.5. The molecule has 1 aliphatic carbocycles. The minimum absolute atomic E-state index is 0.355. The Labute approximate surface area is 160 Å². The van der Waals surface area contributed by atoms with Gasteiger partial charge in [-0.1, -0.05) is 19.3 Å². The fraction of sp³-hybridized carbons (Fsp3) is 0.556. The number of hydrogen-bond acceptors (Lipinski definition) is 5. The molecule has 27 heavy (non-hydrogen) atoms. The van der Waals surface area contributed by atoms with Crippen molar-refractivity contribution >= 4 is 39.3 Å². The highest BCUT2D eigenvalue weighted by Gasteiger charge is 2.41. The highest BCUT2D eigenvalue weighted by Crippen LogP contribution is 2.29. The topological polar surface area (TPSA) is 113 Å². The number of amides is 2. The van der Waals surface area contributed by atoms with Gasteiger partial charge in [0.05, 0.1) is 10.6 Å². The number of thiophene rings is 1. The number of carbonyl (C=O) groups excluding carboxylic acids is 2. The molecule has 8 nitrogen and oxygen atoms in total. The number of nitrogens with one attached hydrogen (secondary N) is 2. The number of fused-ring (bicyclic) bond motifs is 1. The number of rotatable bonds is 5. The van der Waals surface area contributed by atoms with E-state index in [4.69, 9.17) is 0 Å². The second-order valence-corrected chi connectivity index (χ2v) is 8.20. The first kappa shape index (κ1) is 19.3. The third-order valence-electron chi connectivity index (χ3n) is 5.14. The van der Waals surface area contributed by atoms with Crippen LogP contribution in [0, 0.1) is 6.92 Å². The Morgan fingerprint density at radius 2 is 1.96 bits per heavy atom. The lowest BCUT2D eigenvalue weighted by molar-refractivity contribution is -0.149. The Morgan fingerprint density at radius 3 is 2.56 bits per heavy atom. The summed E-state index contributed by atoms with van der Waals surface area (Å²) in [5.74, 6) is -1.85. The van der Waals surface area contributed by atoms with Crippen LogP contribution in [0.25, 0.3) is 10.2 Å². The van der Waals surface area contributed by atoms with Crippen molar-refractivity contribution in [3.63, 3.8) is 0 Å². The van der Waals surface area contributed by atoms with E-state index in [9.17, 15) is 19.5 Å². The van der Waals surface area contributed by atoms with Gasteiger partial charge in [-0.25, -0.2) is 4.79 Å². The van der Waals surface area contributed by atoms with Crippen LogP contribution >= 0.6 is 11.3 Å². The first-order chi connectivity index (χ1) is 12.7. The minimum Gasteiger partial charge on any atom is -0.480 e. The highest BCUT2D eigenvalue weighted by molar-refractivity contribution is 7.20. The molecule has 2 heterocycles. The summed E-state index contributed by atoms with van der Waals surface area (Å²) in [6.07, 6.45) is 3.33. The monoisotopic (exact) mass is 392 g/mol. The summed E-state index contributed by atoms with van der Waals surface area (Å²) in [4.78, 5) is 38.1. The van der Waals surface area contributed by atoms with Gasteiger partial charge in [-0.15, -0.1) is 11.3 Å². The maximum atomic E-state index is 12.5. The Balaban J connectivity index is 1.68. The quantitative estimate of drug-likeness (QED) is 0.720. The molecular weight excluding hydrogens is 368 g/mol. The summed E-state index contributed by atoms with van der Waals surface area (Å²) < 4.78 is 1.72. The van der Waals surface area contributed by atoms with Crippen molar-refractivity contribution in [1.82, 2.24) is 20.4 Å². The first-order valence-corrected chi connectivity index (χ1v) is 9.84. The van der Waals surface area contributed by atoms with Gasteiger partial charge in [-0.2, -0.15) is 5.10 Å². The smallest absolute Gasteiger partial charge is 0.329 e. The Kier molecular flexibility index (Phi) is 5.23. The van der Waals surface area contributed by atoms with Crippen LogP contribution < -0.4 is 10.6 Å². The average Bonchev–Trinajstić information content (AvgIpc) is 3.17. The molecule has 146 valence electrons. The van der Waals surface area contributed by atoms with Crippen LogP contribution in [-0.2, 0) is 16.6 Å². The molecule has 1 unspecified atom stereocenters. The van der Waals surface area contributed by atoms with Crippen molar-refractivity contribution < 1.29 is 19.5 Å². The molecule has 1 atom stereocenters. The van der Waals surface area contributed by atoms with Crippen molar-refractivity contribution in [2.45, 2.75) is 57.5 Å². The molecule has 1 saturated carbocycles. The van der Waals surface area contributed by atoms with Crippen molar-refractivity contribution in [1.29, 1.82) is 0 Å². The van der Waals surface area contributed by atoms with Crippen LogP contribution in [-0.4, -0.2) is 44.3 Å². The molecule has 0 saturated heterocycles. The lowest BCUT2D eigenvalue weighted by Crippen LogP contribution is -2.59. The predicted molar refractivity (Wildman–Crippen MR) is 102 cm³/mol. The third kappa shape index (κ3) is 3.69. The maximum Gasteiger partial charge on any atom is 0.329 e. The SMILES string of the molecule is Cc1nn(C)c2sc(C(=O)NC(C)C(=O)NC3(C(=O)O)CCCCC3)cc12. The molecule has 1 aliphatic rings. The van der Waals surface area contributed by atoms with E-state index in [0.29, 0.717) is 17.7 Å². The Bertz CT molecular complexity index is 860. The number of carbonyl (C=O) groups is 3. The average molecular weight is 392 g/mol. The number of aromatic nitrogens is 2. The molecule has 9 heteroatoms. The lowest BCUT2D eigenvalue weighted by Gasteiger charge is -2.34. The van der Waals surface area contributed by atoms with Crippen LogP contribution in [0.3, 0.4) is 0 Å². The largest absolute Gasteiger partial charge is 0.480 e. The maximum absolute atomic E-state index is 12.5. The van der Waals surface area contributed by atoms with E-state index in [1.165, 1.54) is 11.3 Å². The van der Waals surface area contributed by atoms with E-state index < -0.39 is 23.5 Å². The molecule has 1 fully saturated rings. The number of hydrogen-bond donors (Lipinski definition) is 3. The summed E-state index contributed by atoms with van der Waals surface area (Å²) in [6.45, 7) is 3.44. The predicted octanol–water partition coefficient (Wildman–Crippen LogP) is 1.97. The second kappa shape index (κ2) is 7.30. The summed E-state index contributed by atoms with van der Waals surface area (Å²) >= 11 is 1.31. The van der Waals surface area contributed by atoms with Gasteiger partial charge in [0, 0.05) is 12.4 Å². The van der Waals surface area contributed by atoms with E-state index in [-0.39, 0.29) is 5.91 Å². The van der Waals surface area contributed by atoms with Crippen molar-refractivity contribution in [3.8, 4) is 0 Å². The van der Waals surface area contributed by atoms with Gasteiger partial charge in [0.25, 0.3) is 5.91 Å². The molecule has 0 spiro atoms. The normalized spacial score (nSPS) is 17.4. The molecule has 3 N–H and O–H groups in total. The van der Waals surface area contributed by atoms with Crippen molar-refractivity contribution in [3.05, 3.63) is 16.6 Å². The van der Waals surface area contributed by atoms with Crippen LogP contribution in [0.4, 0.5) is 0 Å². The molecule has 2 amide bonds. The zero-order chi connectivity index (χ0) is 19.8. The van der Waals surface area contributed by atoms with Crippen LogP contribution in [0.5, 0.6) is 0 Å². The molecule has 0 radical (unpaired) electrons. The zero-order valence-electron chi connectivity index (χ0n) is 15.7. The minimum atomic E-state index is -1.23.